The van der Waals surface area contributed by atoms with Crippen molar-refractivity contribution < 1.29 is 9.90 Å². The zero-order valence-electron chi connectivity index (χ0n) is 10.5. The first-order valence-corrected chi connectivity index (χ1v) is 6.67. The molecule has 1 aromatic rings. The van der Waals surface area contributed by atoms with Crippen molar-refractivity contribution in [2.45, 2.75) is 31.7 Å². The molecule has 0 saturated heterocycles. The molecule has 1 aliphatic rings. The van der Waals surface area contributed by atoms with E-state index in [-0.39, 0.29) is 12.6 Å². The van der Waals surface area contributed by atoms with Gasteiger partial charge in [-0.1, -0.05) is 24.4 Å². The SMILES string of the molecule is N#Cc1cc(Cl)ccc1N(CC(=O)O)C1CCCC1. The van der Waals surface area contributed by atoms with Gasteiger partial charge in [0.05, 0.1) is 11.3 Å². The molecule has 4 nitrogen and oxygen atoms in total. The molecule has 0 amide bonds. The molecule has 19 heavy (non-hydrogen) atoms. The van der Waals surface area contributed by atoms with Crippen molar-refractivity contribution in [2.24, 2.45) is 0 Å². The van der Waals surface area contributed by atoms with Crippen molar-refractivity contribution in [1.82, 2.24) is 0 Å². The van der Waals surface area contributed by atoms with E-state index in [1.165, 1.54) is 0 Å². The second-order valence-corrected chi connectivity index (χ2v) is 5.17. The van der Waals surface area contributed by atoms with Crippen LogP contribution in [0.2, 0.25) is 5.02 Å². The normalized spacial score (nSPS) is 15.2. The summed E-state index contributed by atoms with van der Waals surface area (Å²) in [5.74, 6) is -0.884. The highest BCUT2D eigenvalue weighted by Gasteiger charge is 2.26. The summed E-state index contributed by atoms with van der Waals surface area (Å²) < 4.78 is 0. The Kier molecular flexibility index (Phi) is 4.28. The van der Waals surface area contributed by atoms with Crippen LogP contribution in [0.15, 0.2) is 18.2 Å². The number of halogens is 1. The van der Waals surface area contributed by atoms with Gasteiger partial charge < -0.3 is 10.0 Å². The van der Waals surface area contributed by atoms with E-state index in [1.807, 2.05) is 4.90 Å². The third-order valence-electron chi connectivity index (χ3n) is 3.46. The molecular formula is C14H15ClN2O2. The van der Waals surface area contributed by atoms with Gasteiger partial charge in [-0.05, 0) is 31.0 Å². The standard InChI is InChI=1S/C14H15ClN2O2/c15-11-5-6-13(10(7-11)8-16)17(9-14(18)19)12-3-1-2-4-12/h5-7,12H,1-4,9H2,(H,18,19). The van der Waals surface area contributed by atoms with Gasteiger partial charge in [0.2, 0.25) is 0 Å². The number of nitrogens with zero attached hydrogens (tertiary/aromatic N) is 2. The maximum absolute atomic E-state index is 11.1. The molecule has 0 atom stereocenters. The van der Waals surface area contributed by atoms with Gasteiger partial charge in [0.1, 0.15) is 12.6 Å². The molecule has 0 spiro atoms. The maximum Gasteiger partial charge on any atom is 0.323 e. The van der Waals surface area contributed by atoms with Crippen LogP contribution in [0.25, 0.3) is 0 Å². The molecule has 0 bridgehead atoms. The first kappa shape index (κ1) is 13.7. The predicted octanol–water partition coefficient (Wildman–Crippen LogP) is 3.05. The smallest absolute Gasteiger partial charge is 0.323 e. The summed E-state index contributed by atoms with van der Waals surface area (Å²) in [6.45, 7) is -0.0824. The van der Waals surface area contributed by atoms with Crippen molar-refractivity contribution in [2.75, 3.05) is 11.4 Å². The number of carbonyl (C=O) groups is 1. The number of nitriles is 1. The minimum atomic E-state index is -0.884. The average molecular weight is 279 g/mol. The third kappa shape index (κ3) is 3.18. The summed E-state index contributed by atoms with van der Waals surface area (Å²) in [5.41, 5.74) is 1.10. The van der Waals surface area contributed by atoms with Gasteiger partial charge in [-0.2, -0.15) is 5.26 Å². The quantitative estimate of drug-likeness (QED) is 0.919. The molecule has 0 radical (unpaired) electrons. The molecule has 1 fully saturated rings. The highest BCUT2D eigenvalue weighted by atomic mass is 35.5. The highest BCUT2D eigenvalue weighted by Crippen LogP contribution is 2.31. The lowest BCUT2D eigenvalue weighted by molar-refractivity contribution is -0.135. The van der Waals surface area contributed by atoms with Gasteiger partial charge in [0.15, 0.2) is 0 Å². The van der Waals surface area contributed by atoms with E-state index in [0.29, 0.717) is 16.3 Å². The minimum absolute atomic E-state index is 0.0824. The lowest BCUT2D eigenvalue weighted by atomic mass is 10.1. The zero-order chi connectivity index (χ0) is 13.8. The molecule has 1 aliphatic carbocycles. The molecule has 5 heteroatoms. The molecule has 1 saturated carbocycles. The van der Waals surface area contributed by atoms with Crippen LogP contribution in [0.3, 0.4) is 0 Å². The molecular weight excluding hydrogens is 264 g/mol. The summed E-state index contributed by atoms with van der Waals surface area (Å²) in [4.78, 5) is 12.9. The predicted molar refractivity (Wildman–Crippen MR) is 73.4 cm³/mol. The van der Waals surface area contributed by atoms with Crippen molar-refractivity contribution in [3.63, 3.8) is 0 Å². The fraction of sp³-hybridized carbons (Fsp3) is 0.429. The van der Waals surface area contributed by atoms with Gasteiger partial charge in [-0.15, -0.1) is 0 Å². The molecule has 0 unspecified atom stereocenters. The Bertz CT molecular complexity index is 519. The number of aliphatic carboxylic acids is 1. The van der Waals surface area contributed by atoms with E-state index >= 15 is 0 Å². The average Bonchev–Trinajstić information content (AvgIpc) is 2.89. The molecule has 1 N–H and O–H groups in total. The summed E-state index contributed by atoms with van der Waals surface area (Å²) in [6, 6.07) is 7.31. The Labute approximate surface area is 117 Å². The first-order valence-electron chi connectivity index (χ1n) is 6.30. The third-order valence-corrected chi connectivity index (χ3v) is 3.69. The number of hydrogen-bond donors (Lipinski definition) is 1. The van der Waals surface area contributed by atoms with E-state index in [9.17, 15) is 10.1 Å². The van der Waals surface area contributed by atoms with Crippen LogP contribution in [0.4, 0.5) is 5.69 Å². The van der Waals surface area contributed by atoms with E-state index in [4.69, 9.17) is 16.7 Å². The monoisotopic (exact) mass is 278 g/mol. The topological polar surface area (TPSA) is 64.3 Å². The van der Waals surface area contributed by atoms with Crippen LogP contribution in [0, 0.1) is 11.3 Å². The lowest BCUT2D eigenvalue weighted by Gasteiger charge is -2.30. The van der Waals surface area contributed by atoms with Crippen LogP contribution < -0.4 is 4.90 Å². The van der Waals surface area contributed by atoms with Crippen molar-refractivity contribution in [1.29, 1.82) is 5.26 Å². The van der Waals surface area contributed by atoms with Crippen LogP contribution >= 0.6 is 11.6 Å². The summed E-state index contributed by atoms with van der Waals surface area (Å²) >= 11 is 5.88. The Morgan fingerprint density at radius 1 is 1.47 bits per heavy atom. The summed E-state index contributed by atoms with van der Waals surface area (Å²) in [5, 5.41) is 18.7. The Balaban J connectivity index is 2.37. The van der Waals surface area contributed by atoms with Crippen LogP contribution in [-0.2, 0) is 4.79 Å². The van der Waals surface area contributed by atoms with Gasteiger partial charge in [0, 0.05) is 11.1 Å². The molecule has 0 heterocycles. The van der Waals surface area contributed by atoms with E-state index in [0.717, 1.165) is 25.7 Å². The van der Waals surface area contributed by atoms with Crippen molar-refractivity contribution >= 4 is 23.3 Å². The number of carboxylic acid groups (broad SMARTS) is 1. The fourth-order valence-electron chi connectivity index (χ4n) is 2.62. The number of benzene rings is 1. The number of carboxylic acids is 1. The summed E-state index contributed by atoms with van der Waals surface area (Å²) in [7, 11) is 0. The Hall–Kier alpha value is -1.73. The van der Waals surface area contributed by atoms with E-state index in [1.54, 1.807) is 18.2 Å². The second-order valence-electron chi connectivity index (χ2n) is 4.73. The second kappa shape index (κ2) is 5.94. The molecule has 0 aliphatic heterocycles. The van der Waals surface area contributed by atoms with Gasteiger partial charge in [-0.25, -0.2) is 0 Å². The molecule has 1 aromatic carbocycles. The Morgan fingerprint density at radius 3 is 2.74 bits per heavy atom. The number of rotatable bonds is 4. The van der Waals surface area contributed by atoms with Gasteiger partial charge in [-0.3, -0.25) is 4.79 Å². The maximum atomic E-state index is 11.1. The van der Waals surface area contributed by atoms with Crippen LogP contribution in [0.1, 0.15) is 31.2 Å². The van der Waals surface area contributed by atoms with Crippen LogP contribution in [-0.4, -0.2) is 23.7 Å². The first-order chi connectivity index (χ1) is 9.11. The molecule has 2 rings (SSSR count). The van der Waals surface area contributed by atoms with Crippen molar-refractivity contribution in [3.05, 3.63) is 28.8 Å². The lowest BCUT2D eigenvalue weighted by Crippen LogP contribution is -2.38. The Morgan fingerprint density at radius 2 is 2.16 bits per heavy atom. The number of anilines is 1. The highest BCUT2D eigenvalue weighted by molar-refractivity contribution is 6.30. The van der Waals surface area contributed by atoms with E-state index in [2.05, 4.69) is 6.07 Å². The van der Waals surface area contributed by atoms with Gasteiger partial charge >= 0.3 is 5.97 Å². The van der Waals surface area contributed by atoms with Crippen LogP contribution in [0.5, 0.6) is 0 Å². The summed E-state index contributed by atoms with van der Waals surface area (Å²) in [6.07, 6.45) is 4.16. The minimum Gasteiger partial charge on any atom is -0.480 e. The van der Waals surface area contributed by atoms with Crippen molar-refractivity contribution in [3.8, 4) is 6.07 Å². The number of hydrogen-bond acceptors (Lipinski definition) is 3. The molecule has 100 valence electrons. The zero-order valence-corrected chi connectivity index (χ0v) is 11.2. The fourth-order valence-corrected chi connectivity index (χ4v) is 2.79. The van der Waals surface area contributed by atoms with E-state index < -0.39 is 5.97 Å². The molecule has 0 aromatic heterocycles. The van der Waals surface area contributed by atoms with Gasteiger partial charge in [0.25, 0.3) is 0 Å². The largest absolute Gasteiger partial charge is 0.480 e.